The number of amides is 1. The van der Waals surface area contributed by atoms with E-state index < -0.39 is 0 Å². The second-order valence-corrected chi connectivity index (χ2v) is 5.80. The first-order valence-corrected chi connectivity index (χ1v) is 8.16. The summed E-state index contributed by atoms with van der Waals surface area (Å²) in [5, 5.41) is 4.31. The van der Waals surface area contributed by atoms with Crippen LogP contribution in [0.25, 0.3) is 10.8 Å². The quantitative estimate of drug-likeness (QED) is 0.719. The number of hydrogen-bond acceptors (Lipinski definition) is 3. The highest BCUT2D eigenvalue weighted by molar-refractivity contribution is 5.85. The molecule has 1 aromatic carbocycles. The number of carbonyl (C=O) groups excluding carboxylic acids is 1. The Kier molecular flexibility index (Phi) is 5.09. The van der Waals surface area contributed by atoms with Crippen molar-refractivity contribution in [2.24, 2.45) is 0 Å². The second kappa shape index (κ2) is 7.61. The molecule has 3 rings (SSSR count). The summed E-state index contributed by atoms with van der Waals surface area (Å²) in [5.41, 5.74) is 0.657. The third kappa shape index (κ3) is 4.03. The number of nitrogens with one attached hydrogen (secondary N) is 2. The van der Waals surface area contributed by atoms with Crippen LogP contribution < -0.4 is 16.4 Å². The number of aromatic amines is 1. The van der Waals surface area contributed by atoms with Crippen molar-refractivity contribution in [2.75, 3.05) is 0 Å². The van der Waals surface area contributed by atoms with Crippen LogP contribution in [0.2, 0.25) is 0 Å². The Balaban J connectivity index is 1.56. The van der Waals surface area contributed by atoms with Gasteiger partial charge in [0.15, 0.2) is 0 Å². The van der Waals surface area contributed by atoms with Gasteiger partial charge in [0.05, 0.1) is 0 Å². The van der Waals surface area contributed by atoms with Crippen molar-refractivity contribution in [3.05, 3.63) is 81.1 Å². The lowest BCUT2D eigenvalue weighted by Crippen LogP contribution is -2.24. The number of benzene rings is 1. The van der Waals surface area contributed by atoms with Gasteiger partial charge in [0.2, 0.25) is 11.5 Å². The zero-order valence-electron chi connectivity index (χ0n) is 13.7. The predicted molar refractivity (Wildman–Crippen MR) is 96.4 cm³/mol. The molecule has 25 heavy (non-hydrogen) atoms. The van der Waals surface area contributed by atoms with Gasteiger partial charge in [0.1, 0.15) is 0 Å². The number of carbonyl (C=O) groups is 1. The van der Waals surface area contributed by atoms with Crippen LogP contribution in [-0.4, -0.2) is 15.5 Å². The fourth-order valence-corrected chi connectivity index (χ4v) is 2.75. The number of fused-ring (bicyclic) bond motifs is 1. The van der Waals surface area contributed by atoms with Gasteiger partial charge in [-0.05, 0) is 29.5 Å². The number of rotatable bonds is 6. The van der Waals surface area contributed by atoms with Gasteiger partial charge in [-0.3, -0.25) is 14.4 Å². The van der Waals surface area contributed by atoms with Gasteiger partial charge in [-0.15, -0.1) is 0 Å². The molecule has 0 saturated carbocycles. The molecule has 0 aliphatic heterocycles. The smallest absolute Gasteiger partial charge is 0.255 e. The van der Waals surface area contributed by atoms with E-state index in [4.69, 9.17) is 0 Å². The highest BCUT2D eigenvalue weighted by Gasteiger charge is 2.06. The standard InChI is InChI=1S/C19H19N3O3/c23-17(8-5-11-22-10-4-3-9-18(22)24)20-12-14-13-21-19(25)16-7-2-1-6-15(14)16/h1-4,6-7,9-10,13H,5,8,11-12H2,(H,20,23)(H,21,25). The van der Waals surface area contributed by atoms with E-state index >= 15 is 0 Å². The SMILES string of the molecule is O=C(CCCn1ccccc1=O)NCc1c[nH]c(=O)c2ccccc12. The van der Waals surface area contributed by atoms with E-state index in [-0.39, 0.29) is 17.0 Å². The largest absolute Gasteiger partial charge is 0.352 e. The van der Waals surface area contributed by atoms with Crippen LogP contribution in [-0.2, 0) is 17.9 Å². The van der Waals surface area contributed by atoms with E-state index in [1.807, 2.05) is 18.2 Å². The van der Waals surface area contributed by atoms with Crippen LogP contribution in [0.5, 0.6) is 0 Å². The molecule has 0 fully saturated rings. The van der Waals surface area contributed by atoms with Crippen LogP contribution in [0, 0.1) is 0 Å². The monoisotopic (exact) mass is 337 g/mol. The first kappa shape index (κ1) is 16.7. The summed E-state index contributed by atoms with van der Waals surface area (Å²) in [5.74, 6) is -0.0840. The van der Waals surface area contributed by atoms with E-state index in [2.05, 4.69) is 10.3 Å². The number of aromatic nitrogens is 2. The average molecular weight is 337 g/mol. The van der Waals surface area contributed by atoms with Crippen molar-refractivity contribution in [3.8, 4) is 0 Å². The molecule has 2 heterocycles. The lowest BCUT2D eigenvalue weighted by Gasteiger charge is -2.09. The van der Waals surface area contributed by atoms with E-state index in [0.717, 1.165) is 10.9 Å². The molecule has 0 bridgehead atoms. The topological polar surface area (TPSA) is 84.0 Å². The first-order chi connectivity index (χ1) is 12.1. The van der Waals surface area contributed by atoms with Gasteiger partial charge < -0.3 is 14.9 Å². The highest BCUT2D eigenvalue weighted by atomic mass is 16.1. The maximum absolute atomic E-state index is 12.0. The molecule has 2 N–H and O–H groups in total. The molecule has 0 radical (unpaired) electrons. The Labute approximate surface area is 144 Å². The zero-order valence-corrected chi connectivity index (χ0v) is 13.7. The van der Waals surface area contributed by atoms with Crippen molar-refractivity contribution in [2.45, 2.75) is 25.9 Å². The lowest BCUT2D eigenvalue weighted by molar-refractivity contribution is -0.121. The minimum atomic E-state index is -0.140. The molecule has 0 aliphatic rings. The molecule has 3 aromatic rings. The fourth-order valence-electron chi connectivity index (χ4n) is 2.75. The maximum Gasteiger partial charge on any atom is 0.255 e. The number of nitrogens with zero attached hydrogens (tertiary/aromatic N) is 1. The van der Waals surface area contributed by atoms with Crippen molar-refractivity contribution >= 4 is 16.7 Å². The molecular formula is C19H19N3O3. The molecule has 0 aliphatic carbocycles. The van der Waals surface area contributed by atoms with Crippen molar-refractivity contribution in [3.63, 3.8) is 0 Å². The number of aryl methyl sites for hydroxylation is 1. The predicted octanol–water partition coefficient (Wildman–Crippen LogP) is 1.79. The normalized spacial score (nSPS) is 10.7. The Morgan fingerprint density at radius 3 is 2.60 bits per heavy atom. The minimum absolute atomic E-state index is 0.0670. The molecule has 128 valence electrons. The van der Waals surface area contributed by atoms with Crippen molar-refractivity contribution in [1.82, 2.24) is 14.9 Å². The van der Waals surface area contributed by atoms with E-state index in [0.29, 0.717) is 31.3 Å². The first-order valence-electron chi connectivity index (χ1n) is 8.16. The maximum atomic E-state index is 12.0. The van der Waals surface area contributed by atoms with E-state index in [9.17, 15) is 14.4 Å². The summed E-state index contributed by atoms with van der Waals surface area (Å²) in [6.45, 7) is 0.857. The summed E-state index contributed by atoms with van der Waals surface area (Å²) in [6, 6.07) is 12.3. The Morgan fingerprint density at radius 1 is 1.04 bits per heavy atom. The number of H-pyrrole nitrogens is 1. The minimum Gasteiger partial charge on any atom is -0.352 e. The molecule has 0 atom stereocenters. The number of hydrogen-bond donors (Lipinski definition) is 2. The number of pyridine rings is 2. The molecule has 2 aromatic heterocycles. The molecule has 1 amide bonds. The van der Waals surface area contributed by atoms with Crippen LogP contribution >= 0.6 is 0 Å². The van der Waals surface area contributed by atoms with Gasteiger partial charge in [-0.1, -0.05) is 24.3 Å². The lowest BCUT2D eigenvalue weighted by atomic mass is 10.1. The highest BCUT2D eigenvalue weighted by Crippen LogP contribution is 2.13. The summed E-state index contributed by atoms with van der Waals surface area (Å²) >= 11 is 0. The molecule has 0 spiro atoms. The molecule has 0 saturated heterocycles. The summed E-state index contributed by atoms with van der Waals surface area (Å²) < 4.78 is 1.59. The summed E-state index contributed by atoms with van der Waals surface area (Å²) in [6.07, 6.45) is 4.27. The van der Waals surface area contributed by atoms with Gasteiger partial charge in [0, 0.05) is 43.4 Å². The van der Waals surface area contributed by atoms with Crippen molar-refractivity contribution in [1.29, 1.82) is 0 Å². The van der Waals surface area contributed by atoms with Gasteiger partial charge in [-0.25, -0.2) is 0 Å². The average Bonchev–Trinajstić information content (AvgIpc) is 2.63. The van der Waals surface area contributed by atoms with Crippen LogP contribution in [0.3, 0.4) is 0 Å². The second-order valence-electron chi connectivity index (χ2n) is 5.80. The molecule has 6 heteroatoms. The van der Waals surface area contributed by atoms with Crippen LogP contribution in [0.1, 0.15) is 18.4 Å². The fraction of sp³-hybridized carbons (Fsp3) is 0.211. The van der Waals surface area contributed by atoms with Crippen LogP contribution in [0.4, 0.5) is 0 Å². The molecule has 0 unspecified atom stereocenters. The third-order valence-electron chi connectivity index (χ3n) is 4.07. The third-order valence-corrected chi connectivity index (χ3v) is 4.07. The molecule has 6 nitrogen and oxygen atoms in total. The molecular weight excluding hydrogens is 318 g/mol. The Hall–Kier alpha value is -3.15. The Morgan fingerprint density at radius 2 is 1.80 bits per heavy atom. The summed E-state index contributed by atoms with van der Waals surface area (Å²) in [7, 11) is 0. The van der Waals surface area contributed by atoms with Crippen molar-refractivity contribution < 1.29 is 4.79 Å². The Bertz CT molecular complexity index is 1000. The summed E-state index contributed by atoms with van der Waals surface area (Å²) in [4.78, 5) is 38.1. The van der Waals surface area contributed by atoms with Crippen LogP contribution in [0.15, 0.2) is 64.4 Å². The van der Waals surface area contributed by atoms with Gasteiger partial charge >= 0.3 is 0 Å². The van der Waals surface area contributed by atoms with E-state index in [1.54, 1.807) is 35.2 Å². The van der Waals surface area contributed by atoms with E-state index in [1.165, 1.54) is 6.07 Å². The zero-order chi connectivity index (χ0) is 17.6. The van der Waals surface area contributed by atoms with Gasteiger partial charge in [0.25, 0.3) is 5.56 Å². The van der Waals surface area contributed by atoms with Gasteiger partial charge in [-0.2, -0.15) is 0 Å².